The molecule has 0 amide bonds. The molecule has 5 aliphatic rings. The van der Waals surface area contributed by atoms with E-state index in [0.29, 0.717) is 23.0 Å². The molecule has 4 unspecified atom stereocenters. The maximum absolute atomic E-state index is 4.96. The Morgan fingerprint density at radius 2 is 1.46 bits per heavy atom. The molecule has 226 valence electrons. The second kappa shape index (κ2) is 10.1. The van der Waals surface area contributed by atoms with Gasteiger partial charge in [0.15, 0.2) is 0 Å². The predicted molar refractivity (Wildman–Crippen MR) is 201 cm³/mol. The van der Waals surface area contributed by atoms with Gasteiger partial charge in [0.05, 0.1) is 16.6 Å². The Labute approximate surface area is 283 Å². The number of hydrogen-bond donors (Lipinski definition) is 0. The van der Waals surface area contributed by atoms with Crippen molar-refractivity contribution in [2.24, 2.45) is 5.92 Å². The lowest BCUT2D eigenvalue weighted by molar-refractivity contribution is 0.667. The summed E-state index contributed by atoms with van der Waals surface area (Å²) in [5.41, 5.74) is 16.6. The number of benzene rings is 4. The van der Waals surface area contributed by atoms with Crippen LogP contribution in [0.15, 0.2) is 156 Å². The molecule has 2 nitrogen and oxygen atoms in total. The van der Waals surface area contributed by atoms with Crippen molar-refractivity contribution in [1.82, 2.24) is 9.55 Å². The summed E-state index contributed by atoms with van der Waals surface area (Å²) < 4.78 is 2.41. The zero-order valence-electron chi connectivity index (χ0n) is 26.1. The van der Waals surface area contributed by atoms with Gasteiger partial charge in [-0.3, -0.25) is 4.98 Å². The summed E-state index contributed by atoms with van der Waals surface area (Å²) in [5.74, 6) is 1.20. The van der Waals surface area contributed by atoms with Gasteiger partial charge in [-0.1, -0.05) is 115 Å². The highest BCUT2D eigenvalue weighted by atomic mass is 32.2. The summed E-state index contributed by atoms with van der Waals surface area (Å²) in [6, 6.07) is 33.8. The lowest BCUT2D eigenvalue weighted by Gasteiger charge is -2.36. The van der Waals surface area contributed by atoms with E-state index in [1.165, 1.54) is 65.9 Å². The van der Waals surface area contributed by atoms with Crippen molar-refractivity contribution < 1.29 is 0 Å². The molecule has 2 aromatic heterocycles. The van der Waals surface area contributed by atoms with E-state index in [1.807, 2.05) is 18.0 Å². The molecule has 4 aromatic carbocycles. The Morgan fingerprint density at radius 3 is 2.42 bits per heavy atom. The Morgan fingerprint density at radius 1 is 0.646 bits per heavy atom. The van der Waals surface area contributed by atoms with E-state index < -0.39 is 0 Å². The highest BCUT2D eigenvalue weighted by molar-refractivity contribution is 8.00. The molecule has 0 spiro atoms. The fourth-order valence-electron chi connectivity index (χ4n) is 8.79. The van der Waals surface area contributed by atoms with Crippen LogP contribution in [0.1, 0.15) is 39.7 Å². The van der Waals surface area contributed by atoms with Crippen molar-refractivity contribution in [2.45, 2.75) is 22.0 Å². The zero-order chi connectivity index (χ0) is 31.3. The summed E-state index contributed by atoms with van der Waals surface area (Å²) in [4.78, 5) is 6.34. The van der Waals surface area contributed by atoms with Crippen molar-refractivity contribution >= 4 is 51.4 Å². The Balaban J connectivity index is 1.03. The normalized spacial score (nSPS) is 22.4. The molecule has 0 saturated carbocycles. The predicted octanol–water partition coefficient (Wildman–Crippen LogP) is 11.3. The molecular formula is C45H30N2S. The third-order valence-corrected chi connectivity index (χ3v) is 12.3. The van der Waals surface area contributed by atoms with Gasteiger partial charge in [0.2, 0.25) is 0 Å². The van der Waals surface area contributed by atoms with Gasteiger partial charge in [-0.05, 0) is 86.5 Å². The number of nitrogens with zero attached hydrogens (tertiary/aromatic N) is 2. The van der Waals surface area contributed by atoms with E-state index in [2.05, 4.69) is 156 Å². The molecule has 4 atom stereocenters. The lowest BCUT2D eigenvalue weighted by atomic mass is 9.67. The van der Waals surface area contributed by atoms with E-state index in [-0.39, 0.29) is 0 Å². The molecule has 0 fully saturated rings. The van der Waals surface area contributed by atoms with Crippen LogP contribution >= 0.6 is 11.8 Å². The van der Waals surface area contributed by atoms with Gasteiger partial charge >= 0.3 is 0 Å². The number of rotatable bonds is 3. The van der Waals surface area contributed by atoms with Crippen LogP contribution in [0.3, 0.4) is 0 Å². The fraction of sp³-hybridized carbons (Fsp3) is 0.0889. The van der Waals surface area contributed by atoms with Crippen molar-refractivity contribution in [3.05, 3.63) is 179 Å². The molecule has 3 heteroatoms. The topological polar surface area (TPSA) is 17.8 Å². The van der Waals surface area contributed by atoms with Gasteiger partial charge in [0, 0.05) is 45.2 Å². The van der Waals surface area contributed by atoms with E-state index in [1.54, 1.807) is 0 Å². The van der Waals surface area contributed by atoms with Crippen LogP contribution in [0.5, 0.6) is 0 Å². The van der Waals surface area contributed by atoms with Crippen LogP contribution in [0.2, 0.25) is 0 Å². The monoisotopic (exact) mass is 630 g/mol. The minimum absolute atomic E-state index is 0.373. The average Bonchev–Trinajstić information content (AvgIpc) is 3.70. The molecule has 0 N–H and O–H groups in total. The first-order valence-electron chi connectivity index (χ1n) is 16.9. The van der Waals surface area contributed by atoms with E-state index in [9.17, 15) is 0 Å². The number of thioether (sulfide) groups is 1. The first-order chi connectivity index (χ1) is 23.8. The molecule has 0 radical (unpaired) electrons. The SMILES string of the molecule is C1=CC2Sc3c(ccc4c3c3ncccc3n4-c3cccc(-c4cccc(C5=C6C=Cc7cccc8c7C6C(C=C5)C=C8)c4)c3)C2C=C1. The number of pyridine rings is 1. The molecule has 11 rings (SSSR count). The third-order valence-electron chi connectivity index (χ3n) is 10.9. The quantitative estimate of drug-likeness (QED) is 0.194. The summed E-state index contributed by atoms with van der Waals surface area (Å²) in [7, 11) is 0. The Kier molecular flexibility index (Phi) is 5.59. The molecule has 1 aliphatic heterocycles. The summed E-state index contributed by atoms with van der Waals surface area (Å²) >= 11 is 1.99. The van der Waals surface area contributed by atoms with Crippen LogP contribution in [-0.4, -0.2) is 14.8 Å². The van der Waals surface area contributed by atoms with Crippen LogP contribution in [-0.2, 0) is 0 Å². The Hall–Kier alpha value is -5.38. The van der Waals surface area contributed by atoms with E-state index in [0.717, 1.165) is 16.7 Å². The molecule has 3 heterocycles. The van der Waals surface area contributed by atoms with Gasteiger partial charge in [0.25, 0.3) is 0 Å². The third kappa shape index (κ3) is 3.74. The number of aromatic nitrogens is 2. The number of hydrogen-bond acceptors (Lipinski definition) is 2. The van der Waals surface area contributed by atoms with Crippen molar-refractivity contribution in [1.29, 1.82) is 0 Å². The average molecular weight is 631 g/mol. The maximum Gasteiger partial charge on any atom is 0.0974 e. The summed E-state index contributed by atoms with van der Waals surface area (Å²) in [6.45, 7) is 0. The van der Waals surface area contributed by atoms with Crippen LogP contribution < -0.4 is 0 Å². The van der Waals surface area contributed by atoms with E-state index in [4.69, 9.17) is 4.98 Å². The first-order valence-corrected chi connectivity index (χ1v) is 17.7. The van der Waals surface area contributed by atoms with Crippen LogP contribution in [0.25, 0.3) is 56.5 Å². The van der Waals surface area contributed by atoms with Crippen molar-refractivity contribution in [2.75, 3.05) is 0 Å². The standard InChI is InChI=1S/C45H30N2S/c1-2-15-40-35(13-1)37-22-23-38-43(45(37)48-40)44-39(14-6-24-46-44)47(38)33-12-5-10-31(26-33)30-9-4-11-32(25-30)34-20-18-29-17-16-27-7-3-8-28-19-21-36(34)42(29)41(27)28/h1-26,29,35,40,42H. The van der Waals surface area contributed by atoms with Gasteiger partial charge in [-0.15, -0.1) is 11.8 Å². The van der Waals surface area contributed by atoms with Gasteiger partial charge < -0.3 is 4.57 Å². The van der Waals surface area contributed by atoms with Gasteiger partial charge in [-0.2, -0.15) is 0 Å². The van der Waals surface area contributed by atoms with Gasteiger partial charge in [0.1, 0.15) is 0 Å². The smallest absolute Gasteiger partial charge is 0.0974 e. The number of fused-ring (bicyclic) bond motifs is 7. The largest absolute Gasteiger partial charge is 0.308 e. The van der Waals surface area contributed by atoms with Gasteiger partial charge in [-0.25, -0.2) is 0 Å². The highest BCUT2D eigenvalue weighted by Gasteiger charge is 2.35. The summed E-state index contributed by atoms with van der Waals surface area (Å²) in [6.07, 6.45) is 25.1. The summed E-state index contributed by atoms with van der Waals surface area (Å²) in [5, 5.41) is 1.72. The van der Waals surface area contributed by atoms with E-state index >= 15 is 0 Å². The molecule has 6 aromatic rings. The van der Waals surface area contributed by atoms with Crippen LogP contribution in [0.4, 0.5) is 0 Å². The highest BCUT2D eigenvalue weighted by Crippen LogP contribution is 2.53. The molecule has 4 aliphatic carbocycles. The molecule has 48 heavy (non-hydrogen) atoms. The minimum Gasteiger partial charge on any atom is -0.308 e. The second-order valence-corrected chi connectivity index (χ2v) is 14.6. The molecule has 0 saturated heterocycles. The van der Waals surface area contributed by atoms with Crippen molar-refractivity contribution in [3.63, 3.8) is 0 Å². The lowest BCUT2D eigenvalue weighted by Crippen LogP contribution is -2.21. The minimum atomic E-state index is 0.373. The zero-order valence-corrected chi connectivity index (χ0v) is 26.9. The fourth-order valence-corrected chi connectivity index (χ4v) is 10.3. The van der Waals surface area contributed by atoms with Crippen molar-refractivity contribution in [3.8, 4) is 16.8 Å². The molecule has 0 bridgehead atoms. The second-order valence-electron chi connectivity index (χ2n) is 13.4. The maximum atomic E-state index is 4.96. The molecular weight excluding hydrogens is 601 g/mol. The number of allylic oxidation sites excluding steroid dienone is 9. The first kappa shape index (κ1) is 26.7. The Bertz CT molecular complexity index is 2570. The van der Waals surface area contributed by atoms with Crippen LogP contribution in [0, 0.1) is 5.92 Å².